The highest BCUT2D eigenvalue weighted by Crippen LogP contribution is 2.38. The Morgan fingerprint density at radius 2 is 0.536 bits per heavy atom. The van der Waals surface area contributed by atoms with E-state index in [1.165, 1.54) is 0 Å². The summed E-state index contributed by atoms with van der Waals surface area (Å²) in [5.74, 6) is -2.60. The molecule has 0 radical (unpaired) electrons. The van der Waals surface area contributed by atoms with Gasteiger partial charge in [-0.05, 0) is 210 Å². The van der Waals surface area contributed by atoms with Gasteiger partial charge < -0.3 is 37.9 Å². The third-order valence-electron chi connectivity index (χ3n) is 16.5. The maximum absolute atomic E-state index is 11.9. The molecule has 504 valence electrons. The Morgan fingerprint density at radius 1 is 0.321 bits per heavy atom. The highest BCUT2D eigenvalue weighted by atomic mass is 16.6. The van der Waals surface area contributed by atoms with Crippen LogP contribution in [0.5, 0.6) is 0 Å². The van der Waals surface area contributed by atoms with E-state index in [4.69, 9.17) is 37.9 Å². The molecule has 4 rings (SSSR count). The Balaban J connectivity index is -0.000000148. The zero-order valence-electron chi connectivity index (χ0n) is 50.3. The third-order valence-corrected chi connectivity index (χ3v) is 16.5. The molecule has 0 bridgehead atoms. The fourth-order valence-electron chi connectivity index (χ4n) is 8.80. The minimum Gasteiger partial charge on any atom is -0.465 e. The summed E-state index contributed by atoms with van der Waals surface area (Å²) in [6, 6.07) is 0. The molecule has 0 atom stereocenters. The molecule has 0 saturated heterocycles. The van der Waals surface area contributed by atoms with Gasteiger partial charge in [0.2, 0.25) is 0 Å². The number of ether oxygens (including phenoxy) is 8. The maximum atomic E-state index is 11.9. The summed E-state index contributed by atoms with van der Waals surface area (Å²) in [6.45, 7) is 30.0. The Morgan fingerprint density at radius 3 is 0.798 bits per heavy atom. The molecule has 16 nitrogen and oxygen atoms in total. The van der Waals surface area contributed by atoms with Gasteiger partial charge in [0.15, 0.2) is 13.2 Å². The summed E-state index contributed by atoms with van der Waals surface area (Å²) < 4.78 is 42.3. The van der Waals surface area contributed by atoms with E-state index >= 15 is 0 Å². The number of hydrogen-bond donors (Lipinski definition) is 0. The number of esters is 8. The lowest BCUT2D eigenvalue weighted by Crippen LogP contribution is -2.34. The van der Waals surface area contributed by atoms with Crippen LogP contribution in [-0.4, -0.2) is 96.6 Å². The quantitative estimate of drug-likeness (QED) is 0.0650. The molecule has 0 heterocycles. The van der Waals surface area contributed by atoms with E-state index in [9.17, 15) is 38.4 Å². The zero-order chi connectivity index (χ0) is 58.1. The molecular weight excluding hydrogens is 1070 g/mol. The highest BCUT2D eigenvalue weighted by molar-refractivity contribution is 5.81. The van der Waals surface area contributed by atoms with Crippen molar-refractivity contribution in [3.63, 3.8) is 0 Å². The Labute approximate surface area is 516 Å². The summed E-state index contributed by atoms with van der Waals surface area (Å²) in [4.78, 5) is 93.9. The smallest absolute Gasteiger partial charge is 0.344 e. The summed E-state index contributed by atoms with van der Waals surface area (Å²) in [5, 5.41) is 0. The van der Waals surface area contributed by atoms with Crippen molar-refractivity contribution in [3.05, 3.63) is 0 Å². The van der Waals surface area contributed by atoms with Crippen molar-refractivity contribution in [1.82, 2.24) is 0 Å². The van der Waals surface area contributed by atoms with E-state index in [1.807, 2.05) is 90.0 Å². The van der Waals surface area contributed by atoms with Crippen LogP contribution in [0.25, 0.3) is 0 Å². The van der Waals surface area contributed by atoms with Gasteiger partial charge in [-0.15, -0.1) is 0 Å². The van der Waals surface area contributed by atoms with E-state index in [1.54, 1.807) is 13.8 Å². The van der Waals surface area contributed by atoms with Crippen LogP contribution < -0.4 is 0 Å². The minimum atomic E-state index is -0.546. The molecule has 4 fully saturated rings. The van der Waals surface area contributed by atoms with Crippen molar-refractivity contribution >= 4 is 47.8 Å². The van der Waals surface area contributed by atoms with Crippen LogP contribution in [-0.2, 0) is 76.3 Å². The standard InChI is InChI=1S/C16H28O4.2C15H26O4.C14H24O4.8CH4/c1-5-15(3,4)14(18)19-12-9-13(17)20-16(6-2)10-7-8-11-16;1-5-14(2,3)13(17)18-11-8-12(16)19-15(4)9-6-7-10-15;1-5-14(3,4)13(17)18-11-12(16)19-15(6-2)9-7-8-10-15;1-5-13(2,3)12(16)17-10-11(15)18-14(4)8-6-7-9-14;;;;;;;;/h5-12H2,1-4H3;2*5-11H2,1-4H3;5-10H2,1-4H3;8*1H4. The van der Waals surface area contributed by atoms with Crippen LogP contribution in [0.15, 0.2) is 0 Å². The maximum Gasteiger partial charge on any atom is 0.344 e. The van der Waals surface area contributed by atoms with Gasteiger partial charge in [0.1, 0.15) is 35.6 Å². The SMILES string of the molecule is C.C.C.C.C.C.C.C.CCC(C)(C)C(=O)OCC(=O)OC1(C)CCCC1.CCC(C)(C)C(=O)OCCC(=O)OC1(C)CCCC1.CCC1(OC(=O)CCOC(=O)C(C)(C)CC)CCCC1.CCC1(OC(=O)COC(=O)C(C)(C)CC)CCCC1. The molecule has 4 saturated carbocycles. The first-order valence-electron chi connectivity index (χ1n) is 28.8. The van der Waals surface area contributed by atoms with E-state index in [0.29, 0.717) is 19.3 Å². The Kier molecular flexibility index (Phi) is 50.6. The topological polar surface area (TPSA) is 210 Å². The molecule has 0 aromatic rings. The predicted octanol–water partition coefficient (Wildman–Crippen LogP) is 18.0. The lowest BCUT2D eigenvalue weighted by molar-refractivity contribution is -0.173. The largest absolute Gasteiger partial charge is 0.465 e. The molecular formula is C68H136O16. The first kappa shape index (κ1) is 96.1. The van der Waals surface area contributed by atoms with Crippen LogP contribution in [0.1, 0.15) is 324 Å². The van der Waals surface area contributed by atoms with Crippen LogP contribution in [0.4, 0.5) is 0 Å². The average Bonchev–Trinajstić information content (AvgIpc) is 4.22. The fraction of sp³-hybridized carbons (Fsp3) is 0.882. The molecule has 4 aliphatic rings. The van der Waals surface area contributed by atoms with Gasteiger partial charge in [0.05, 0.1) is 34.5 Å². The van der Waals surface area contributed by atoms with Gasteiger partial charge in [-0.1, -0.05) is 101 Å². The predicted molar refractivity (Wildman–Crippen MR) is 344 cm³/mol. The third kappa shape index (κ3) is 34.2. The first-order chi connectivity index (χ1) is 35.3. The van der Waals surface area contributed by atoms with E-state index in [0.717, 1.165) is 122 Å². The van der Waals surface area contributed by atoms with E-state index in [2.05, 4.69) is 6.92 Å². The van der Waals surface area contributed by atoms with Crippen LogP contribution in [0.3, 0.4) is 0 Å². The monoisotopic (exact) mass is 1210 g/mol. The van der Waals surface area contributed by atoms with Crippen LogP contribution in [0, 0.1) is 21.7 Å². The summed E-state index contributed by atoms with van der Waals surface area (Å²) in [6.07, 6.45) is 21.0. The molecule has 0 amide bonds. The molecule has 0 N–H and O–H groups in total. The zero-order valence-corrected chi connectivity index (χ0v) is 50.3. The Bertz CT molecular complexity index is 1840. The van der Waals surface area contributed by atoms with Gasteiger partial charge in [-0.2, -0.15) is 0 Å². The lowest BCUT2D eigenvalue weighted by atomic mass is 9.91. The first-order valence-corrected chi connectivity index (χ1v) is 28.8. The molecule has 0 spiro atoms. The van der Waals surface area contributed by atoms with Crippen molar-refractivity contribution in [2.45, 2.75) is 347 Å². The summed E-state index contributed by atoms with van der Waals surface area (Å²) >= 11 is 0. The highest BCUT2D eigenvalue weighted by Gasteiger charge is 2.39. The second kappa shape index (κ2) is 44.2. The van der Waals surface area contributed by atoms with Gasteiger partial charge in [-0.3, -0.25) is 28.8 Å². The second-order valence-electron chi connectivity index (χ2n) is 24.6. The second-order valence-corrected chi connectivity index (χ2v) is 24.6. The molecule has 16 heteroatoms. The molecule has 0 unspecified atom stereocenters. The van der Waals surface area contributed by atoms with Gasteiger partial charge >= 0.3 is 47.8 Å². The number of carbonyl (C=O) groups excluding carboxylic acids is 8. The molecule has 84 heavy (non-hydrogen) atoms. The van der Waals surface area contributed by atoms with Gasteiger partial charge in [0, 0.05) is 0 Å². The van der Waals surface area contributed by atoms with Crippen LogP contribution in [0.2, 0.25) is 0 Å². The van der Waals surface area contributed by atoms with E-state index in [-0.39, 0.29) is 157 Å². The van der Waals surface area contributed by atoms with Crippen molar-refractivity contribution < 1.29 is 76.3 Å². The normalized spacial score (nSPS) is 16.4. The average molecular weight is 1210 g/mol. The van der Waals surface area contributed by atoms with Crippen molar-refractivity contribution in [2.24, 2.45) is 21.7 Å². The molecule has 0 aromatic carbocycles. The van der Waals surface area contributed by atoms with Gasteiger partial charge in [-0.25, -0.2) is 9.59 Å². The minimum absolute atomic E-state index is 0. The van der Waals surface area contributed by atoms with E-state index < -0.39 is 33.6 Å². The Hall–Kier alpha value is -4.24. The molecule has 0 aliphatic heterocycles. The van der Waals surface area contributed by atoms with Crippen LogP contribution >= 0.6 is 0 Å². The summed E-state index contributed by atoms with van der Waals surface area (Å²) in [7, 11) is 0. The van der Waals surface area contributed by atoms with Crippen molar-refractivity contribution in [1.29, 1.82) is 0 Å². The number of rotatable bonds is 24. The summed E-state index contributed by atoms with van der Waals surface area (Å²) in [5.41, 5.74) is -3.30. The van der Waals surface area contributed by atoms with Gasteiger partial charge in [0.25, 0.3) is 0 Å². The molecule has 0 aromatic heterocycles. The number of carbonyl (C=O) groups is 8. The number of hydrogen-bond acceptors (Lipinski definition) is 16. The van der Waals surface area contributed by atoms with Crippen molar-refractivity contribution in [2.75, 3.05) is 26.4 Å². The lowest BCUT2D eigenvalue weighted by Gasteiger charge is -2.28. The fourth-order valence-corrected chi connectivity index (χ4v) is 8.80. The molecule has 4 aliphatic carbocycles. The van der Waals surface area contributed by atoms with Crippen molar-refractivity contribution in [3.8, 4) is 0 Å².